The SMILES string of the molecule is Cc1ccc(S(=O)(=O)N(Cl)c2ccc3c(c2)CCNC3)c2ccccc12.O. The lowest BCUT2D eigenvalue weighted by atomic mass is 10.0. The van der Waals surface area contributed by atoms with Gasteiger partial charge in [-0.15, -0.1) is 0 Å². The number of benzene rings is 3. The first-order chi connectivity index (χ1) is 12.5. The predicted molar refractivity (Wildman–Crippen MR) is 110 cm³/mol. The quantitative estimate of drug-likeness (QED) is 0.680. The minimum absolute atomic E-state index is 0. The molecule has 1 aliphatic heterocycles. The lowest BCUT2D eigenvalue weighted by Gasteiger charge is -2.22. The lowest BCUT2D eigenvalue weighted by molar-refractivity contribution is 0.598. The van der Waals surface area contributed by atoms with Crippen molar-refractivity contribution in [3.8, 4) is 0 Å². The summed E-state index contributed by atoms with van der Waals surface area (Å²) in [7, 11) is -3.88. The van der Waals surface area contributed by atoms with Gasteiger partial charge in [0.05, 0.1) is 10.6 Å². The Morgan fingerprint density at radius 3 is 2.52 bits per heavy atom. The number of fused-ring (bicyclic) bond motifs is 2. The number of halogens is 1. The van der Waals surface area contributed by atoms with Gasteiger partial charge in [-0.3, -0.25) is 0 Å². The van der Waals surface area contributed by atoms with Crippen molar-refractivity contribution in [1.82, 2.24) is 5.32 Å². The normalized spacial score (nSPS) is 13.7. The smallest absolute Gasteiger partial charge is 0.278 e. The second-order valence-corrected chi connectivity index (χ2v) is 8.82. The molecule has 0 amide bonds. The van der Waals surface area contributed by atoms with E-state index in [1.165, 1.54) is 5.56 Å². The molecule has 27 heavy (non-hydrogen) atoms. The monoisotopic (exact) mass is 404 g/mol. The molecule has 3 aromatic rings. The summed E-state index contributed by atoms with van der Waals surface area (Å²) in [5.41, 5.74) is 3.82. The van der Waals surface area contributed by atoms with Gasteiger partial charge in [-0.2, -0.15) is 12.2 Å². The Labute approximate surface area is 164 Å². The second-order valence-electron chi connectivity index (χ2n) is 6.53. The standard InChI is InChI=1S/C20H19ClN2O2S.H2O/c1-14-6-9-20(19-5-3-2-4-18(14)19)26(24,25)23(21)17-8-7-16-13-22-11-10-15(16)12-17;/h2-9,12,22H,10-11,13H2,1H3;1H2. The molecule has 0 aromatic heterocycles. The van der Waals surface area contributed by atoms with Gasteiger partial charge in [0.1, 0.15) is 0 Å². The summed E-state index contributed by atoms with van der Waals surface area (Å²) in [6.45, 7) is 3.65. The van der Waals surface area contributed by atoms with Crippen LogP contribution in [0.5, 0.6) is 0 Å². The van der Waals surface area contributed by atoms with Crippen LogP contribution in [0, 0.1) is 6.92 Å². The molecule has 1 heterocycles. The third kappa shape index (κ3) is 3.41. The van der Waals surface area contributed by atoms with Crippen LogP contribution in [0.15, 0.2) is 59.5 Å². The van der Waals surface area contributed by atoms with Crippen molar-refractivity contribution in [2.24, 2.45) is 0 Å². The van der Waals surface area contributed by atoms with E-state index in [-0.39, 0.29) is 10.4 Å². The van der Waals surface area contributed by atoms with Crippen LogP contribution in [0.3, 0.4) is 0 Å². The average Bonchev–Trinajstić information content (AvgIpc) is 2.67. The van der Waals surface area contributed by atoms with Crippen molar-refractivity contribution < 1.29 is 13.9 Å². The van der Waals surface area contributed by atoms with Gasteiger partial charge in [0.15, 0.2) is 0 Å². The van der Waals surface area contributed by atoms with E-state index in [0.717, 1.165) is 39.8 Å². The van der Waals surface area contributed by atoms with Crippen molar-refractivity contribution in [2.75, 3.05) is 10.4 Å². The van der Waals surface area contributed by atoms with Crippen molar-refractivity contribution >= 4 is 38.3 Å². The molecular weight excluding hydrogens is 384 g/mol. The highest BCUT2D eigenvalue weighted by atomic mass is 35.5. The molecule has 3 aromatic carbocycles. The number of hydrogen-bond donors (Lipinski definition) is 1. The Balaban J connectivity index is 0.00000210. The molecule has 0 atom stereocenters. The van der Waals surface area contributed by atoms with Crippen LogP contribution in [0.4, 0.5) is 5.69 Å². The Morgan fingerprint density at radius 2 is 1.74 bits per heavy atom. The first-order valence-electron chi connectivity index (χ1n) is 8.50. The summed E-state index contributed by atoms with van der Waals surface area (Å²) in [6, 6.07) is 16.5. The maximum atomic E-state index is 13.2. The summed E-state index contributed by atoms with van der Waals surface area (Å²) < 4.78 is 27.3. The third-order valence-corrected chi connectivity index (χ3v) is 7.16. The summed E-state index contributed by atoms with van der Waals surface area (Å²) in [5, 5.41) is 4.90. The summed E-state index contributed by atoms with van der Waals surface area (Å²) >= 11 is 6.34. The highest BCUT2D eigenvalue weighted by Crippen LogP contribution is 2.33. The Bertz CT molecular complexity index is 1100. The summed E-state index contributed by atoms with van der Waals surface area (Å²) in [5.74, 6) is 0. The van der Waals surface area contributed by atoms with E-state index in [1.807, 2.05) is 49.4 Å². The van der Waals surface area contributed by atoms with Crippen LogP contribution in [-0.4, -0.2) is 20.4 Å². The fourth-order valence-electron chi connectivity index (χ4n) is 3.45. The number of hydrogen-bond acceptors (Lipinski definition) is 3. The average molecular weight is 405 g/mol. The molecule has 7 heteroatoms. The number of nitrogens with one attached hydrogen (secondary N) is 1. The van der Waals surface area contributed by atoms with E-state index in [1.54, 1.807) is 12.1 Å². The van der Waals surface area contributed by atoms with Gasteiger partial charge in [0.2, 0.25) is 0 Å². The number of rotatable bonds is 3. The molecule has 0 bridgehead atoms. The molecule has 0 fully saturated rings. The first kappa shape index (κ1) is 19.6. The molecule has 0 spiro atoms. The zero-order valence-corrected chi connectivity index (χ0v) is 16.4. The number of nitrogens with zero attached hydrogens (tertiary/aromatic N) is 1. The molecule has 0 aliphatic carbocycles. The van der Waals surface area contributed by atoms with Gasteiger partial charge in [0.25, 0.3) is 10.0 Å². The van der Waals surface area contributed by atoms with Crippen LogP contribution < -0.4 is 9.14 Å². The Morgan fingerprint density at radius 1 is 1.00 bits per heavy atom. The minimum atomic E-state index is -3.88. The highest BCUT2D eigenvalue weighted by molar-refractivity contribution is 7.94. The molecule has 1 aliphatic rings. The zero-order valence-electron chi connectivity index (χ0n) is 14.9. The van der Waals surface area contributed by atoms with Crippen molar-refractivity contribution in [1.29, 1.82) is 0 Å². The van der Waals surface area contributed by atoms with Crippen LogP contribution in [0.1, 0.15) is 16.7 Å². The van der Waals surface area contributed by atoms with E-state index in [0.29, 0.717) is 11.1 Å². The summed E-state index contributed by atoms with van der Waals surface area (Å²) in [4.78, 5) is 0.216. The lowest BCUT2D eigenvalue weighted by Crippen LogP contribution is -2.25. The molecule has 0 radical (unpaired) electrons. The molecule has 5 nitrogen and oxygen atoms in total. The highest BCUT2D eigenvalue weighted by Gasteiger charge is 2.26. The topological polar surface area (TPSA) is 80.9 Å². The number of aryl methyl sites for hydroxylation is 1. The van der Waals surface area contributed by atoms with E-state index in [2.05, 4.69) is 5.32 Å². The molecule has 3 N–H and O–H groups in total. The van der Waals surface area contributed by atoms with E-state index in [9.17, 15) is 8.42 Å². The van der Waals surface area contributed by atoms with Crippen LogP contribution in [0.2, 0.25) is 0 Å². The number of anilines is 1. The van der Waals surface area contributed by atoms with Gasteiger partial charge in [-0.25, -0.2) is 0 Å². The van der Waals surface area contributed by atoms with Gasteiger partial charge in [0, 0.05) is 23.7 Å². The van der Waals surface area contributed by atoms with Crippen LogP contribution >= 0.6 is 11.8 Å². The van der Waals surface area contributed by atoms with E-state index < -0.39 is 10.0 Å². The minimum Gasteiger partial charge on any atom is -0.412 e. The largest absolute Gasteiger partial charge is 0.412 e. The van der Waals surface area contributed by atoms with Crippen LogP contribution in [-0.2, 0) is 23.0 Å². The molecule has 0 unspecified atom stereocenters. The van der Waals surface area contributed by atoms with Gasteiger partial charge in [-0.1, -0.05) is 36.4 Å². The van der Waals surface area contributed by atoms with Gasteiger partial charge < -0.3 is 10.8 Å². The Hall–Kier alpha value is -2.12. The zero-order chi connectivity index (χ0) is 18.3. The fourth-order valence-corrected chi connectivity index (χ4v) is 5.03. The van der Waals surface area contributed by atoms with Crippen molar-refractivity contribution in [3.05, 3.63) is 71.3 Å². The third-order valence-electron chi connectivity index (χ3n) is 4.87. The van der Waals surface area contributed by atoms with Gasteiger partial charge in [-0.05, 0) is 60.2 Å². The maximum Gasteiger partial charge on any atom is 0.278 e. The Kier molecular flexibility index (Phi) is 5.44. The molecular formula is C20H21ClN2O3S. The van der Waals surface area contributed by atoms with E-state index >= 15 is 0 Å². The molecule has 0 saturated carbocycles. The fraction of sp³-hybridized carbons (Fsp3) is 0.200. The predicted octanol–water partition coefficient (Wildman–Crippen LogP) is 3.32. The van der Waals surface area contributed by atoms with Crippen molar-refractivity contribution in [2.45, 2.75) is 24.8 Å². The first-order valence-corrected chi connectivity index (χ1v) is 10.3. The summed E-state index contributed by atoms with van der Waals surface area (Å²) in [6.07, 6.45) is 0.863. The van der Waals surface area contributed by atoms with Crippen LogP contribution in [0.25, 0.3) is 10.8 Å². The second kappa shape index (κ2) is 7.48. The molecule has 0 saturated heterocycles. The van der Waals surface area contributed by atoms with Crippen molar-refractivity contribution in [3.63, 3.8) is 0 Å². The van der Waals surface area contributed by atoms with Gasteiger partial charge >= 0.3 is 0 Å². The molecule has 142 valence electrons. The maximum absolute atomic E-state index is 13.2. The molecule has 4 rings (SSSR count). The van der Waals surface area contributed by atoms with E-state index in [4.69, 9.17) is 11.8 Å². The number of sulfonamides is 1.